The maximum absolute atomic E-state index is 13.3. The van der Waals surface area contributed by atoms with Gasteiger partial charge in [-0.1, -0.05) is 66.2 Å². The monoisotopic (exact) mass is 432 g/mol. The summed E-state index contributed by atoms with van der Waals surface area (Å²) in [4.78, 5) is 27.7. The second-order valence-corrected chi connectivity index (χ2v) is 9.19. The maximum Gasteiger partial charge on any atom is 0.261 e. The molecule has 32 heavy (non-hydrogen) atoms. The highest BCUT2D eigenvalue weighted by molar-refractivity contribution is 5.90. The number of carbonyl (C=O) groups excluding carboxylic acids is 2. The van der Waals surface area contributed by atoms with Gasteiger partial charge in [0.2, 0.25) is 5.91 Å². The largest absolute Gasteiger partial charge is 0.483 e. The van der Waals surface area contributed by atoms with Crippen molar-refractivity contribution in [3.05, 3.63) is 77.9 Å². The SMILES string of the molecule is Cc1cccc(CN(C(=O)COc2cccc3ccccc23)[C@H](C)C(=O)NC(C)(C)C)c1. The number of ether oxygens (including phenoxy) is 1. The molecule has 3 rings (SSSR count). The first-order valence-corrected chi connectivity index (χ1v) is 10.9. The van der Waals surface area contributed by atoms with E-state index >= 15 is 0 Å². The molecule has 0 aromatic heterocycles. The van der Waals surface area contributed by atoms with Crippen molar-refractivity contribution in [2.45, 2.75) is 52.7 Å². The third-order valence-corrected chi connectivity index (χ3v) is 5.20. The number of nitrogens with one attached hydrogen (secondary N) is 1. The third kappa shape index (κ3) is 6.10. The fraction of sp³-hybridized carbons (Fsp3) is 0.333. The summed E-state index contributed by atoms with van der Waals surface area (Å²) >= 11 is 0. The summed E-state index contributed by atoms with van der Waals surface area (Å²) < 4.78 is 5.93. The predicted molar refractivity (Wildman–Crippen MR) is 129 cm³/mol. The van der Waals surface area contributed by atoms with E-state index < -0.39 is 6.04 Å². The minimum absolute atomic E-state index is 0.146. The Morgan fingerprint density at radius 1 is 1.00 bits per heavy atom. The molecule has 0 spiro atoms. The molecular formula is C27H32N2O3. The lowest BCUT2D eigenvalue weighted by molar-refractivity contribution is -0.142. The molecule has 0 aliphatic rings. The lowest BCUT2D eigenvalue weighted by atomic mass is 10.1. The molecule has 5 heteroatoms. The summed E-state index contributed by atoms with van der Waals surface area (Å²) in [5.41, 5.74) is 1.69. The highest BCUT2D eigenvalue weighted by atomic mass is 16.5. The smallest absolute Gasteiger partial charge is 0.261 e. The number of amides is 2. The summed E-state index contributed by atoms with van der Waals surface area (Å²) in [6.07, 6.45) is 0. The molecule has 0 radical (unpaired) electrons. The number of carbonyl (C=O) groups is 2. The maximum atomic E-state index is 13.3. The topological polar surface area (TPSA) is 58.6 Å². The molecule has 2 amide bonds. The van der Waals surface area contributed by atoms with Crippen LogP contribution in [0.3, 0.4) is 0 Å². The van der Waals surface area contributed by atoms with E-state index in [0.29, 0.717) is 12.3 Å². The number of hydrogen-bond donors (Lipinski definition) is 1. The summed E-state index contributed by atoms with van der Waals surface area (Å²) in [5, 5.41) is 4.97. The van der Waals surface area contributed by atoms with Crippen LogP contribution in [0.2, 0.25) is 0 Å². The molecule has 5 nitrogen and oxygen atoms in total. The first-order chi connectivity index (χ1) is 15.1. The van der Waals surface area contributed by atoms with Crippen molar-refractivity contribution in [1.82, 2.24) is 10.2 Å². The van der Waals surface area contributed by atoms with Crippen LogP contribution in [0, 0.1) is 6.92 Å². The Labute approximate surface area is 190 Å². The van der Waals surface area contributed by atoms with E-state index in [9.17, 15) is 9.59 Å². The van der Waals surface area contributed by atoms with Gasteiger partial charge in [0.25, 0.3) is 5.91 Å². The number of fused-ring (bicyclic) bond motifs is 1. The van der Waals surface area contributed by atoms with Crippen molar-refractivity contribution in [1.29, 1.82) is 0 Å². The Bertz CT molecular complexity index is 1100. The van der Waals surface area contributed by atoms with Crippen LogP contribution in [0.15, 0.2) is 66.7 Å². The predicted octanol–water partition coefficient (Wildman–Crippen LogP) is 4.86. The van der Waals surface area contributed by atoms with E-state index in [4.69, 9.17) is 4.74 Å². The van der Waals surface area contributed by atoms with Gasteiger partial charge in [0, 0.05) is 17.5 Å². The average Bonchev–Trinajstić information content (AvgIpc) is 2.74. The van der Waals surface area contributed by atoms with E-state index in [2.05, 4.69) is 5.32 Å². The van der Waals surface area contributed by atoms with Crippen molar-refractivity contribution in [3.63, 3.8) is 0 Å². The Kier molecular flexibility index (Phi) is 7.18. The quantitative estimate of drug-likeness (QED) is 0.580. The number of aryl methyl sites for hydroxylation is 1. The molecule has 0 unspecified atom stereocenters. The van der Waals surface area contributed by atoms with Gasteiger partial charge < -0.3 is 15.0 Å². The molecule has 0 heterocycles. The zero-order valence-corrected chi connectivity index (χ0v) is 19.5. The van der Waals surface area contributed by atoms with Gasteiger partial charge in [-0.25, -0.2) is 0 Å². The van der Waals surface area contributed by atoms with E-state index in [0.717, 1.165) is 21.9 Å². The summed E-state index contributed by atoms with van der Waals surface area (Å²) in [6, 6.07) is 21.0. The van der Waals surface area contributed by atoms with Crippen molar-refractivity contribution in [2.75, 3.05) is 6.61 Å². The van der Waals surface area contributed by atoms with E-state index in [1.165, 1.54) is 0 Å². The molecule has 0 saturated carbocycles. The van der Waals surface area contributed by atoms with Crippen LogP contribution in [-0.2, 0) is 16.1 Å². The molecule has 0 saturated heterocycles. The van der Waals surface area contributed by atoms with Crippen molar-refractivity contribution in [3.8, 4) is 5.75 Å². The Hall–Kier alpha value is -3.34. The summed E-state index contributed by atoms with van der Waals surface area (Å²) in [5.74, 6) is 0.221. The van der Waals surface area contributed by atoms with Gasteiger partial charge in [-0.15, -0.1) is 0 Å². The van der Waals surface area contributed by atoms with Crippen LogP contribution in [0.4, 0.5) is 0 Å². The van der Waals surface area contributed by atoms with Gasteiger partial charge in [-0.05, 0) is 51.6 Å². The Balaban J connectivity index is 1.81. The van der Waals surface area contributed by atoms with Crippen molar-refractivity contribution < 1.29 is 14.3 Å². The average molecular weight is 433 g/mol. The number of rotatable bonds is 7. The molecule has 1 N–H and O–H groups in total. The van der Waals surface area contributed by atoms with Gasteiger partial charge in [-0.3, -0.25) is 9.59 Å². The fourth-order valence-electron chi connectivity index (χ4n) is 3.61. The van der Waals surface area contributed by atoms with Crippen LogP contribution >= 0.6 is 0 Å². The lowest BCUT2D eigenvalue weighted by Gasteiger charge is -2.31. The zero-order valence-electron chi connectivity index (χ0n) is 19.5. The third-order valence-electron chi connectivity index (χ3n) is 5.20. The molecule has 0 aliphatic heterocycles. The minimum Gasteiger partial charge on any atom is -0.483 e. The van der Waals surface area contributed by atoms with Crippen molar-refractivity contribution >= 4 is 22.6 Å². The minimum atomic E-state index is -0.640. The van der Waals surface area contributed by atoms with Crippen LogP contribution < -0.4 is 10.1 Å². The molecule has 3 aromatic rings. The van der Waals surface area contributed by atoms with Crippen LogP contribution in [0.1, 0.15) is 38.8 Å². The number of nitrogens with zero attached hydrogens (tertiary/aromatic N) is 1. The van der Waals surface area contributed by atoms with Crippen LogP contribution in [0.25, 0.3) is 10.8 Å². The number of benzene rings is 3. The first kappa shape index (κ1) is 23.3. The van der Waals surface area contributed by atoms with E-state index in [1.54, 1.807) is 11.8 Å². The van der Waals surface area contributed by atoms with Crippen LogP contribution in [0.5, 0.6) is 5.75 Å². The molecule has 1 atom stereocenters. The molecule has 168 valence electrons. The number of hydrogen-bond acceptors (Lipinski definition) is 3. The first-order valence-electron chi connectivity index (χ1n) is 10.9. The van der Waals surface area contributed by atoms with Gasteiger partial charge in [0.15, 0.2) is 6.61 Å². The standard InChI is InChI=1S/C27H32N2O3/c1-19-10-8-11-21(16-19)17-29(20(2)26(31)28-27(3,4)5)25(30)18-32-24-15-9-13-22-12-6-7-14-23(22)24/h6-16,20H,17-18H2,1-5H3,(H,28,31)/t20-/m1/s1. The molecule has 0 aliphatic carbocycles. The molecule has 3 aromatic carbocycles. The van der Waals surface area contributed by atoms with Crippen LogP contribution in [-0.4, -0.2) is 34.9 Å². The van der Waals surface area contributed by atoms with Gasteiger partial charge in [0.1, 0.15) is 11.8 Å². The van der Waals surface area contributed by atoms with Gasteiger partial charge in [0.05, 0.1) is 0 Å². The lowest BCUT2D eigenvalue weighted by Crippen LogP contribution is -2.53. The highest BCUT2D eigenvalue weighted by Gasteiger charge is 2.28. The normalized spacial score (nSPS) is 12.3. The van der Waals surface area contributed by atoms with E-state index in [-0.39, 0.29) is 24.0 Å². The van der Waals surface area contributed by atoms with Crippen molar-refractivity contribution in [2.24, 2.45) is 0 Å². The van der Waals surface area contributed by atoms with E-state index in [1.807, 2.05) is 94.4 Å². The molecular weight excluding hydrogens is 400 g/mol. The summed E-state index contributed by atoms with van der Waals surface area (Å²) in [7, 11) is 0. The molecule has 0 fully saturated rings. The highest BCUT2D eigenvalue weighted by Crippen LogP contribution is 2.25. The zero-order chi connectivity index (χ0) is 23.3. The summed E-state index contributed by atoms with van der Waals surface area (Å²) in [6.45, 7) is 9.72. The fourth-order valence-corrected chi connectivity index (χ4v) is 3.61. The Morgan fingerprint density at radius 2 is 1.69 bits per heavy atom. The molecule has 0 bridgehead atoms. The Morgan fingerprint density at radius 3 is 2.41 bits per heavy atom. The van der Waals surface area contributed by atoms with Gasteiger partial charge in [-0.2, -0.15) is 0 Å². The van der Waals surface area contributed by atoms with Gasteiger partial charge >= 0.3 is 0 Å². The second kappa shape index (κ2) is 9.86. The second-order valence-electron chi connectivity index (χ2n) is 9.19.